The molecule has 0 saturated carbocycles. The van der Waals surface area contributed by atoms with E-state index in [0.29, 0.717) is 0 Å². The van der Waals surface area contributed by atoms with Gasteiger partial charge in [-0.15, -0.1) is 0 Å². The van der Waals surface area contributed by atoms with Gasteiger partial charge in [0.25, 0.3) is 0 Å². The number of rotatable bonds is 4. The van der Waals surface area contributed by atoms with Crippen LogP contribution in [0.15, 0.2) is 54.6 Å². The fourth-order valence-corrected chi connectivity index (χ4v) is 1.81. The Labute approximate surface area is 129 Å². The van der Waals surface area contributed by atoms with Crippen LogP contribution < -0.4 is 11.1 Å². The first-order chi connectivity index (χ1) is 10.6. The highest BCUT2D eigenvalue weighted by molar-refractivity contribution is 5.84. The van der Waals surface area contributed by atoms with Gasteiger partial charge in [0.1, 0.15) is 0 Å². The molecule has 0 aliphatic rings. The second-order valence-corrected chi connectivity index (χ2v) is 4.73. The highest BCUT2D eigenvalue weighted by Gasteiger charge is 2.04. The van der Waals surface area contributed by atoms with Crippen LogP contribution in [-0.2, 0) is 16.0 Å². The van der Waals surface area contributed by atoms with E-state index in [9.17, 15) is 9.59 Å². The lowest BCUT2D eigenvalue weighted by atomic mass is 10.1. The van der Waals surface area contributed by atoms with E-state index in [2.05, 4.69) is 17.2 Å². The maximum atomic E-state index is 11.6. The fraction of sp³-hybridized carbons (Fsp3) is 0.111. The lowest BCUT2D eigenvalue weighted by Gasteiger charge is -2.03. The number of nitrogens with two attached hydrogens (primary N) is 1. The van der Waals surface area contributed by atoms with E-state index in [1.165, 1.54) is 0 Å². The molecule has 22 heavy (non-hydrogen) atoms. The Balaban J connectivity index is 1.95. The van der Waals surface area contributed by atoms with Gasteiger partial charge >= 0.3 is 0 Å². The molecule has 2 amide bonds. The Hall–Kier alpha value is -3.06. The molecule has 4 nitrogen and oxygen atoms in total. The summed E-state index contributed by atoms with van der Waals surface area (Å²) in [6.45, 7) is -0.139. The highest BCUT2D eigenvalue weighted by Crippen LogP contribution is 2.05. The molecule has 3 N–H and O–H groups in total. The van der Waals surface area contributed by atoms with Crippen molar-refractivity contribution in [3.8, 4) is 11.8 Å². The van der Waals surface area contributed by atoms with Crippen molar-refractivity contribution in [3.63, 3.8) is 0 Å². The summed E-state index contributed by atoms with van der Waals surface area (Å²) in [7, 11) is 0. The zero-order chi connectivity index (χ0) is 15.8. The van der Waals surface area contributed by atoms with Gasteiger partial charge in [0.05, 0.1) is 13.0 Å². The predicted octanol–water partition coefficient (Wildman–Crippen LogP) is 1.23. The largest absolute Gasteiger partial charge is 0.368 e. The molecule has 0 spiro atoms. The van der Waals surface area contributed by atoms with Gasteiger partial charge in [-0.1, -0.05) is 42.2 Å². The summed E-state index contributed by atoms with van der Waals surface area (Å²) in [5.74, 6) is 5.35. The van der Waals surface area contributed by atoms with Gasteiger partial charge in [-0.25, -0.2) is 0 Å². The van der Waals surface area contributed by atoms with Crippen LogP contribution in [0.1, 0.15) is 16.7 Å². The van der Waals surface area contributed by atoms with E-state index in [0.717, 1.165) is 16.7 Å². The van der Waals surface area contributed by atoms with Crippen LogP contribution >= 0.6 is 0 Å². The van der Waals surface area contributed by atoms with Gasteiger partial charge in [-0.05, 0) is 29.8 Å². The Kier molecular flexibility index (Phi) is 5.33. The van der Waals surface area contributed by atoms with Gasteiger partial charge in [-0.3, -0.25) is 9.59 Å². The second-order valence-electron chi connectivity index (χ2n) is 4.73. The zero-order valence-corrected chi connectivity index (χ0v) is 12.0. The number of nitrogens with one attached hydrogen (secondary N) is 1. The van der Waals surface area contributed by atoms with E-state index in [1.807, 2.05) is 54.6 Å². The molecule has 0 aliphatic heterocycles. The quantitative estimate of drug-likeness (QED) is 0.832. The zero-order valence-electron chi connectivity index (χ0n) is 12.0. The van der Waals surface area contributed by atoms with Crippen LogP contribution in [0.5, 0.6) is 0 Å². The summed E-state index contributed by atoms with van der Waals surface area (Å²) in [6, 6.07) is 17.2. The topological polar surface area (TPSA) is 72.2 Å². The minimum atomic E-state index is -0.556. The molecule has 0 fully saturated rings. The average molecular weight is 292 g/mol. The van der Waals surface area contributed by atoms with Crippen molar-refractivity contribution in [2.75, 3.05) is 6.54 Å². The van der Waals surface area contributed by atoms with Crippen LogP contribution in [0, 0.1) is 11.8 Å². The molecule has 0 aliphatic carbocycles. The maximum absolute atomic E-state index is 11.6. The van der Waals surface area contributed by atoms with E-state index in [-0.39, 0.29) is 18.9 Å². The number of benzene rings is 2. The van der Waals surface area contributed by atoms with Crippen molar-refractivity contribution in [2.45, 2.75) is 6.42 Å². The first kappa shape index (κ1) is 15.3. The van der Waals surface area contributed by atoms with Gasteiger partial charge < -0.3 is 11.1 Å². The van der Waals surface area contributed by atoms with Crippen molar-refractivity contribution >= 4 is 11.8 Å². The third-order valence-electron chi connectivity index (χ3n) is 2.90. The van der Waals surface area contributed by atoms with E-state index in [1.54, 1.807) is 0 Å². The molecule has 0 radical (unpaired) electrons. The Bertz CT molecular complexity index is 710. The number of hydrogen-bond acceptors (Lipinski definition) is 2. The third kappa shape index (κ3) is 5.14. The monoisotopic (exact) mass is 292 g/mol. The molecular weight excluding hydrogens is 276 g/mol. The number of amides is 2. The van der Waals surface area contributed by atoms with E-state index in [4.69, 9.17) is 5.73 Å². The minimum absolute atomic E-state index is 0.139. The second kappa shape index (κ2) is 7.65. The third-order valence-corrected chi connectivity index (χ3v) is 2.90. The van der Waals surface area contributed by atoms with Crippen molar-refractivity contribution in [1.29, 1.82) is 0 Å². The van der Waals surface area contributed by atoms with E-state index < -0.39 is 5.91 Å². The molecule has 0 atom stereocenters. The normalized spacial score (nSPS) is 9.45. The predicted molar refractivity (Wildman–Crippen MR) is 84.8 cm³/mol. The SMILES string of the molecule is NC(=O)CNC(=O)Cc1ccc(C#Cc2ccccc2)cc1. The lowest BCUT2D eigenvalue weighted by Crippen LogP contribution is -2.34. The van der Waals surface area contributed by atoms with Gasteiger partial charge in [-0.2, -0.15) is 0 Å². The smallest absolute Gasteiger partial charge is 0.236 e. The first-order valence-electron chi connectivity index (χ1n) is 6.84. The summed E-state index contributed by atoms with van der Waals surface area (Å²) in [4.78, 5) is 22.1. The van der Waals surface area contributed by atoms with E-state index >= 15 is 0 Å². The average Bonchev–Trinajstić information content (AvgIpc) is 2.53. The fourth-order valence-electron chi connectivity index (χ4n) is 1.81. The molecular formula is C18H16N2O2. The molecule has 2 aromatic rings. The van der Waals surface area contributed by atoms with Crippen molar-refractivity contribution in [1.82, 2.24) is 5.32 Å². The van der Waals surface area contributed by atoms with Crippen molar-refractivity contribution < 1.29 is 9.59 Å². The standard InChI is InChI=1S/C18H16N2O2/c19-17(21)13-20-18(22)12-16-10-8-15(9-11-16)7-6-14-4-2-1-3-5-14/h1-5,8-11H,12-13H2,(H2,19,21)(H,20,22). The Morgan fingerprint density at radius 1 is 0.909 bits per heavy atom. The van der Waals surface area contributed by atoms with Crippen LogP contribution in [0.4, 0.5) is 0 Å². The molecule has 4 heteroatoms. The molecule has 0 saturated heterocycles. The number of hydrogen-bond donors (Lipinski definition) is 2. The summed E-state index contributed by atoms with van der Waals surface area (Å²) in [6.07, 6.45) is 0.208. The molecule has 0 unspecified atom stereocenters. The van der Waals surface area contributed by atoms with Crippen LogP contribution in [0.25, 0.3) is 0 Å². The molecule has 2 aromatic carbocycles. The Morgan fingerprint density at radius 2 is 1.50 bits per heavy atom. The van der Waals surface area contributed by atoms with Gasteiger partial charge in [0.15, 0.2) is 0 Å². The number of carbonyl (C=O) groups excluding carboxylic acids is 2. The molecule has 110 valence electrons. The van der Waals surface area contributed by atoms with Crippen molar-refractivity contribution in [3.05, 3.63) is 71.3 Å². The van der Waals surface area contributed by atoms with Gasteiger partial charge in [0, 0.05) is 11.1 Å². The molecule has 2 rings (SSSR count). The number of primary amides is 1. The lowest BCUT2D eigenvalue weighted by molar-refractivity contribution is -0.124. The maximum Gasteiger partial charge on any atom is 0.236 e. The highest BCUT2D eigenvalue weighted by atomic mass is 16.2. The minimum Gasteiger partial charge on any atom is -0.368 e. The van der Waals surface area contributed by atoms with Gasteiger partial charge in [0.2, 0.25) is 11.8 Å². The molecule has 0 bridgehead atoms. The van der Waals surface area contributed by atoms with Crippen LogP contribution in [0.3, 0.4) is 0 Å². The van der Waals surface area contributed by atoms with Crippen LogP contribution in [0.2, 0.25) is 0 Å². The summed E-state index contributed by atoms with van der Waals surface area (Å²) < 4.78 is 0. The number of carbonyl (C=O) groups is 2. The molecule has 0 aromatic heterocycles. The summed E-state index contributed by atoms with van der Waals surface area (Å²) in [5, 5.41) is 2.45. The first-order valence-corrected chi connectivity index (χ1v) is 6.84. The molecule has 0 heterocycles. The van der Waals surface area contributed by atoms with Crippen molar-refractivity contribution in [2.24, 2.45) is 5.73 Å². The van der Waals surface area contributed by atoms with Crippen LogP contribution in [-0.4, -0.2) is 18.4 Å². The summed E-state index contributed by atoms with van der Waals surface area (Å²) in [5.41, 5.74) is 7.66. The summed E-state index contributed by atoms with van der Waals surface area (Å²) >= 11 is 0. The Morgan fingerprint density at radius 3 is 2.09 bits per heavy atom.